The molecule has 19 heavy (non-hydrogen) atoms. The number of aromatic hydroxyl groups is 1. The maximum absolute atomic E-state index is 12.5. The Labute approximate surface area is 110 Å². The fraction of sp³-hybridized carbons (Fsp3) is 0.429. The fourth-order valence-electron chi connectivity index (χ4n) is 2.93. The Balaban J connectivity index is 2.13. The van der Waals surface area contributed by atoms with Crippen LogP contribution in [0.5, 0.6) is 11.5 Å². The van der Waals surface area contributed by atoms with E-state index in [2.05, 4.69) is 0 Å². The number of ketones is 1. The number of benzene rings is 1. The van der Waals surface area contributed by atoms with Crippen LogP contribution >= 0.6 is 0 Å². The minimum Gasteiger partial charge on any atom is -0.504 e. The zero-order chi connectivity index (χ0) is 13.6. The third-order valence-electron chi connectivity index (χ3n) is 3.89. The van der Waals surface area contributed by atoms with E-state index in [1.54, 1.807) is 4.90 Å². The van der Waals surface area contributed by atoms with Crippen molar-refractivity contribution in [3.63, 3.8) is 0 Å². The number of ether oxygens (including phenoxy) is 1. The van der Waals surface area contributed by atoms with Crippen molar-refractivity contribution in [3.05, 3.63) is 23.3 Å². The highest BCUT2D eigenvalue weighted by molar-refractivity contribution is 6.04. The number of fused-ring (bicyclic) bond motifs is 2. The summed E-state index contributed by atoms with van der Waals surface area (Å²) in [5.74, 6) is 0.136. The van der Waals surface area contributed by atoms with Crippen LogP contribution in [0.4, 0.5) is 0 Å². The van der Waals surface area contributed by atoms with Crippen molar-refractivity contribution >= 4 is 11.7 Å². The van der Waals surface area contributed by atoms with E-state index in [9.17, 15) is 14.7 Å². The normalized spacial score (nSPS) is 21.9. The number of carbonyl (C=O) groups excluding carboxylic acids is 2. The molecule has 0 aliphatic carbocycles. The lowest BCUT2D eigenvalue weighted by molar-refractivity contribution is -0.121. The van der Waals surface area contributed by atoms with Gasteiger partial charge in [-0.15, -0.1) is 0 Å². The summed E-state index contributed by atoms with van der Waals surface area (Å²) in [7, 11) is 1.44. The first-order valence-corrected chi connectivity index (χ1v) is 6.35. The molecule has 2 aliphatic rings. The molecule has 1 aromatic carbocycles. The lowest BCUT2D eigenvalue weighted by Gasteiger charge is -2.20. The van der Waals surface area contributed by atoms with E-state index in [1.807, 2.05) is 0 Å². The molecule has 1 atom stereocenters. The van der Waals surface area contributed by atoms with Gasteiger partial charge in [0, 0.05) is 18.5 Å². The van der Waals surface area contributed by atoms with Crippen molar-refractivity contribution in [1.82, 2.24) is 4.90 Å². The van der Waals surface area contributed by atoms with Gasteiger partial charge < -0.3 is 14.7 Å². The van der Waals surface area contributed by atoms with Crippen LogP contribution in [-0.4, -0.2) is 41.4 Å². The summed E-state index contributed by atoms with van der Waals surface area (Å²) >= 11 is 0. The molecule has 5 heteroatoms. The Hall–Kier alpha value is -2.04. The van der Waals surface area contributed by atoms with E-state index in [-0.39, 0.29) is 35.7 Å². The summed E-state index contributed by atoms with van der Waals surface area (Å²) in [6, 6.07) is 2.70. The van der Waals surface area contributed by atoms with Gasteiger partial charge in [-0.1, -0.05) is 0 Å². The number of phenols is 1. The zero-order valence-corrected chi connectivity index (χ0v) is 10.7. The summed E-state index contributed by atoms with van der Waals surface area (Å²) in [5, 5.41) is 9.77. The van der Waals surface area contributed by atoms with Gasteiger partial charge in [0.05, 0.1) is 13.2 Å². The number of nitrogens with zero attached hydrogens (tertiary/aromatic N) is 1. The molecule has 0 radical (unpaired) electrons. The van der Waals surface area contributed by atoms with Gasteiger partial charge in [0.1, 0.15) is 0 Å². The number of hydrogen-bond donors (Lipinski definition) is 1. The van der Waals surface area contributed by atoms with Gasteiger partial charge in [-0.2, -0.15) is 0 Å². The Bertz CT molecular complexity index is 567. The molecule has 2 aliphatic heterocycles. The molecule has 1 N–H and O–H groups in total. The Morgan fingerprint density at radius 3 is 2.89 bits per heavy atom. The predicted octanol–water partition coefficient (Wildman–Crippen LogP) is 1.13. The average Bonchev–Trinajstić information content (AvgIpc) is 2.84. The van der Waals surface area contributed by atoms with Crippen LogP contribution in [0.1, 0.15) is 28.8 Å². The minimum absolute atomic E-state index is 0.0380. The summed E-state index contributed by atoms with van der Waals surface area (Å²) in [6.45, 7) is 0.623. The van der Waals surface area contributed by atoms with E-state index in [0.717, 1.165) is 12.8 Å². The number of phenolic OH excluding ortho intramolecular Hbond substituents is 1. The van der Waals surface area contributed by atoms with Crippen molar-refractivity contribution in [2.75, 3.05) is 13.7 Å². The number of carbonyl (C=O) groups is 2. The van der Waals surface area contributed by atoms with Crippen LogP contribution in [0.15, 0.2) is 12.1 Å². The monoisotopic (exact) mass is 261 g/mol. The largest absolute Gasteiger partial charge is 0.504 e. The minimum atomic E-state index is -0.298. The van der Waals surface area contributed by atoms with Crippen LogP contribution in [0, 0.1) is 0 Å². The first kappa shape index (κ1) is 12.0. The number of amides is 1. The van der Waals surface area contributed by atoms with E-state index in [1.165, 1.54) is 19.2 Å². The second-order valence-corrected chi connectivity index (χ2v) is 4.98. The van der Waals surface area contributed by atoms with Gasteiger partial charge in [0.15, 0.2) is 17.3 Å². The molecule has 0 saturated carbocycles. The van der Waals surface area contributed by atoms with E-state index in [0.29, 0.717) is 17.7 Å². The van der Waals surface area contributed by atoms with E-state index < -0.39 is 0 Å². The lowest BCUT2D eigenvalue weighted by atomic mass is 10.00. The maximum atomic E-state index is 12.5. The van der Waals surface area contributed by atoms with Crippen molar-refractivity contribution in [2.45, 2.75) is 25.3 Å². The van der Waals surface area contributed by atoms with Crippen LogP contribution in [0.25, 0.3) is 0 Å². The van der Waals surface area contributed by atoms with Crippen molar-refractivity contribution in [1.29, 1.82) is 0 Å². The van der Waals surface area contributed by atoms with Crippen molar-refractivity contribution < 1.29 is 19.4 Å². The highest BCUT2D eigenvalue weighted by Crippen LogP contribution is 2.34. The smallest absolute Gasteiger partial charge is 0.254 e. The molecule has 3 rings (SSSR count). The summed E-state index contributed by atoms with van der Waals surface area (Å²) < 4.78 is 5.03. The second-order valence-electron chi connectivity index (χ2n) is 4.98. The Morgan fingerprint density at radius 1 is 1.37 bits per heavy atom. The zero-order valence-electron chi connectivity index (χ0n) is 10.7. The molecular weight excluding hydrogens is 246 g/mol. The Morgan fingerprint density at radius 2 is 2.16 bits per heavy atom. The summed E-state index contributed by atoms with van der Waals surface area (Å²) in [5.41, 5.74) is 1.05. The Kier molecular flexibility index (Phi) is 2.69. The molecule has 1 saturated heterocycles. The molecule has 100 valence electrons. The molecule has 1 amide bonds. The number of methoxy groups -OCH3 is 1. The van der Waals surface area contributed by atoms with Crippen LogP contribution in [-0.2, 0) is 11.2 Å². The molecule has 1 aromatic rings. The van der Waals surface area contributed by atoms with Gasteiger partial charge in [-0.3, -0.25) is 9.59 Å². The highest BCUT2D eigenvalue weighted by atomic mass is 16.5. The first-order chi connectivity index (χ1) is 9.11. The number of rotatable bonds is 1. The highest BCUT2D eigenvalue weighted by Gasteiger charge is 2.38. The summed E-state index contributed by atoms with van der Waals surface area (Å²) in [6.07, 6.45) is 1.80. The fourth-order valence-corrected chi connectivity index (χ4v) is 2.93. The van der Waals surface area contributed by atoms with Crippen LogP contribution in [0.2, 0.25) is 0 Å². The van der Waals surface area contributed by atoms with Crippen LogP contribution < -0.4 is 4.74 Å². The van der Waals surface area contributed by atoms with Gasteiger partial charge in [-0.25, -0.2) is 0 Å². The topological polar surface area (TPSA) is 66.8 Å². The summed E-state index contributed by atoms with van der Waals surface area (Å²) in [4.78, 5) is 26.3. The molecule has 5 nitrogen and oxygen atoms in total. The van der Waals surface area contributed by atoms with E-state index in [4.69, 9.17) is 4.74 Å². The SMILES string of the molecule is COc1cc2c(cc1O)CC(=O)[C@@H]1CCCN1C2=O. The molecule has 0 aromatic heterocycles. The van der Waals surface area contributed by atoms with Gasteiger partial charge >= 0.3 is 0 Å². The van der Waals surface area contributed by atoms with Crippen molar-refractivity contribution in [3.8, 4) is 11.5 Å². The third-order valence-corrected chi connectivity index (χ3v) is 3.89. The molecular formula is C14H15NO4. The average molecular weight is 261 g/mol. The lowest BCUT2D eigenvalue weighted by Crippen LogP contribution is -2.38. The quantitative estimate of drug-likeness (QED) is 0.823. The molecule has 0 bridgehead atoms. The predicted molar refractivity (Wildman–Crippen MR) is 67.4 cm³/mol. The van der Waals surface area contributed by atoms with E-state index >= 15 is 0 Å². The van der Waals surface area contributed by atoms with Crippen LogP contribution in [0.3, 0.4) is 0 Å². The molecule has 2 heterocycles. The van der Waals surface area contributed by atoms with Crippen molar-refractivity contribution in [2.24, 2.45) is 0 Å². The molecule has 0 unspecified atom stereocenters. The molecule has 1 fully saturated rings. The first-order valence-electron chi connectivity index (χ1n) is 6.35. The van der Waals surface area contributed by atoms with Gasteiger partial charge in [-0.05, 0) is 30.5 Å². The van der Waals surface area contributed by atoms with Gasteiger partial charge in [0.25, 0.3) is 5.91 Å². The number of Topliss-reactive ketones (excluding diaryl/α,β-unsaturated/α-hetero) is 1. The maximum Gasteiger partial charge on any atom is 0.254 e. The third kappa shape index (κ3) is 1.77. The standard InChI is InChI=1S/C14H15NO4/c1-19-13-7-9-8(6-12(13)17)5-11(16)10-3-2-4-15(10)14(9)18/h6-7,10,17H,2-5H2,1H3/t10-/m0/s1. The molecule has 0 spiro atoms. The van der Waals surface area contributed by atoms with Gasteiger partial charge in [0.2, 0.25) is 0 Å². The second kappa shape index (κ2) is 4.26. The number of hydrogen-bond acceptors (Lipinski definition) is 4.